The average Bonchev–Trinajstić information content (AvgIpc) is 2.88. The van der Waals surface area contributed by atoms with Crippen molar-refractivity contribution < 1.29 is 18.3 Å². The van der Waals surface area contributed by atoms with Gasteiger partial charge in [0.25, 0.3) is 5.91 Å². The molecule has 1 N–H and O–H groups in total. The number of rotatable bonds is 5. The summed E-state index contributed by atoms with van der Waals surface area (Å²) in [5, 5.41) is 2.64. The van der Waals surface area contributed by atoms with E-state index in [-0.39, 0.29) is 18.3 Å². The monoisotopic (exact) mass is 327 g/mol. The Kier molecular flexibility index (Phi) is 4.57. The van der Waals surface area contributed by atoms with Gasteiger partial charge in [0, 0.05) is 0 Å². The van der Waals surface area contributed by atoms with Gasteiger partial charge in [0.1, 0.15) is 17.3 Å². The topological polar surface area (TPSA) is 51.5 Å². The van der Waals surface area contributed by atoms with Crippen LogP contribution in [0.2, 0.25) is 0 Å². The third-order valence-corrected chi connectivity index (χ3v) is 2.91. The standard InChI is InChI=1S/C13H11BrFNO3/c14-11-6-9(15)3-4-12(11)19-8-13(17)16-7-10-2-1-5-18-10/h1-6H,7-8H2,(H,16,17). The molecule has 0 radical (unpaired) electrons. The zero-order valence-electron chi connectivity index (χ0n) is 9.86. The number of ether oxygens (including phenoxy) is 1. The number of carbonyl (C=O) groups excluding carboxylic acids is 1. The molecular formula is C13H11BrFNO3. The molecule has 6 heteroatoms. The van der Waals surface area contributed by atoms with Crippen LogP contribution in [-0.2, 0) is 11.3 Å². The predicted molar refractivity (Wildman–Crippen MR) is 70.1 cm³/mol. The molecule has 1 heterocycles. The van der Waals surface area contributed by atoms with Crippen molar-refractivity contribution >= 4 is 21.8 Å². The highest BCUT2D eigenvalue weighted by Gasteiger charge is 2.07. The number of hydrogen-bond donors (Lipinski definition) is 1. The Bertz CT molecular complexity index is 557. The third kappa shape index (κ3) is 4.10. The normalized spacial score (nSPS) is 10.2. The van der Waals surface area contributed by atoms with Gasteiger partial charge < -0.3 is 14.5 Å². The molecule has 100 valence electrons. The lowest BCUT2D eigenvalue weighted by molar-refractivity contribution is -0.123. The smallest absolute Gasteiger partial charge is 0.258 e. The molecule has 0 spiro atoms. The predicted octanol–water partition coefficient (Wildman–Crippen LogP) is 2.88. The molecule has 0 aliphatic heterocycles. The van der Waals surface area contributed by atoms with Crippen LogP contribution in [0.15, 0.2) is 45.5 Å². The van der Waals surface area contributed by atoms with Crippen LogP contribution in [0.3, 0.4) is 0 Å². The van der Waals surface area contributed by atoms with E-state index in [2.05, 4.69) is 21.2 Å². The minimum atomic E-state index is -0.374. The van der Waals surface area contributed by atoms with Crippen molar-refractivity contribution in [1.29, 1.82) is 0 Å². The van der Waals surface area contributed by atoms with Crippen LogP contribution in [0.5, 0.6) is 5.75 Å². The van der Waals surface area contributed by atoms with Crippen molar-refractivity contribution in [2.24, 2.45) is 0 Å². The maximum Gasteiger partial charge on any atom is 0.258 e. The van der Waals surface area contributed by atoms with Crippen LogP contribution in [0, 0.1) is 5.82 Å². The van der Waals surface area contributed by atoms with E-state index in [4.69, 9.17) is 9.15 Å². The number of nitrogens with one attached hydrogen (secondary N) is 1. The van der Waals surface area contributed by atoms with E-state index in [1.807, 2.05) is 0 Å². The van der Waals surface area contributed by atoms with Gasteiger partial charge in [-0.2, -0.15) is 0 Å². The van der Waals surface area contributed by atoms with Crippen LogP contribution >= 0.6 is 15.9 Å². The molecule has 1 aromatic carbocycles. The summed E-state index contributed by atoms with van der Waals surface area (Å²) >= 11 is 3.16. The van der Waals surface area contributed by atoms with E-state index >= 15 is 0 Å². The lowest BCUT2D eigenvalue weighted by atomic mass is 10.3. The Morgan fingerprint density at radius 1 is 1.42 bits per heavy atom. The number of furan rings is 1. The SMILES string of the molecule is O=C(COc1ccc(F)cc1Br)NCc1ccco1. The van der Waals surface area contributed by atoms with Gasteiger partial charge in [0.15, 0.2) is 6.61 Å². The summed E-state index contributed by atoms with van der Waals surface area (Å²) in [4.78, 5) is 11.5. The molecule has 0 atom stereocenters. The summed E-state index contributed by atoms with van der Waals surface area (Å²) in [5.41, 5.74) is 0. The van der Waals surface area contributed by atoms with Gasteiger partial charge in [0.2, 0.25) is 0 Å². The number of amides is 1. The molecule has 4 nitrogen and oxygen atoms in total. The molecular weight excluding hydrogens is 317 g/mol. The Hall–Kier alpha value is -1.82. The number of carbonyl (C=O) groups is 1. The largest absolute Gasteiger partial charge is 0.483 e. The lowest BCUT2D eigenvalue weighted by Gasteiger charge is -2.08. The van der Waals surface area contributed by atoms with Gasteiger partial charge in [-0.1, -0.05) is 0 Å². The molecule has 0 saturated carbocycles. The third-order valence-electron chi connectivity index (χ3n) is 2.29. The van der Waals surface area contributed by atoms with E-state index in [9.17, 15) is 9.18 Å². The van der Waals surface area contributed by atoms with Crippen molar-refractivity contribution in [3.63, 3.8) is 0 Å². The maximum absolute atomic E-state index is 12.8. The molecule has 0 unspecified atom stereocenters. The molecule has 0 saturated heterocycles. The van der Waals surface area contributed by atoms with Crippen molar-refractivity contribution in [2.75, 3.05) is 6.61 Å². The second-order valence-electron chi connectivity index (χ2n) is 3.72. The van der Waals surface area contributed by atoms with Crippen molar-refractivity contribution in [1.82, 2.24) is 5.32 Å². The average molecular weight is 328 g/mol. The summed E-state index contributed by atoms with van der Waals surface area (Å²) in [6.45, 7) is 0.157. The van der Waals surface area contributed by atoms with Gasteiger partial charge in [-0.25, -0.2) is 4.39 Å². The fourth-order valence-electron chi connectivity index (χ4n) is 1.39. The van der Waals surface area contributed by atoms with E-state index < -0.39 is 0 Å². The molecule has 0 aliphatic rings. The Morgan fingerprint density at radius 2 is 2.26 bits per heavy atom. The zero-order chi connectivity index (χ0) is 13.7. The van der Waals surface area contributed by atoms with Crippen LogP contribution in [-0.4, -0.2) is 12.5 Å². The first kappa shape index (κ1) is 13.6. The maximum atomic E-state index is 12.8. The van der Waals surface area contributed by atoms with Gasteiger partial charge in [-0.3, -0.25) is 4.79 Å². The van der Waals surface area contributed by atoms with Gasteiger partial charge >= 0.3 is 0 Å². The molecule has 19 heavy (non-hydrogen) atoms. The fraction of sp³-hybridized carbons (Fsp3) is 0.154. The molecule has 2 rings (SSSR count). The highest BCUT2D eigenvalue weighted by molar-refractivity contribution is 9.10. The quantitative estimate of drug-likeness (QED) is 0.918. The van der Waals surface area contributed by atoms with Crippen molar-refractivity contribution in [3.05, 3.63) is 52.6 Å². The van der Waals surface area contributed by atoms with Crippen LogP contribution in [0.1, 0.15) is 5.76 Å². The molecule has 0 aliphatic carbocycles. The van der Waals surface area contributed by atoms with Crippen LogP contribution < -0.4 is 10.1 Å². The van der Waals surface area contributed by atoms with E-state index in [1.165, 1.54) is 24.5 Å². The summed E-state index contributed by atoms with van der Waals surface area (Å²) in [5.74, 6) is 0.417. The Labute approximate surface area is 117 Å². The summed E-state index contributed by atoms with van der Waals surface area (Å²) in [6.07, 6.45) is 1.54. The van der Waals surface area contributed by atoms with E-state index in [1.54, 1.807) is 12.1 Å². The second kappa shape index (κ2) is 6.38. The first-order valence-corrected chi connectivity index (χ1v) is 6.31. The highest BCUT2D eigenvalue weighted by atomic mass is 79.9. The summed E-state index contributed by atoms with van der Waals surface area (Å²) in [6, 6.07) is 7.50. The summed E-state index contributed by atoms with van der Waals surface area (Å²) in [7, 11) is 0. The van der Waals surface area contributed by atoms with Crippen LogP contribution in [0.4, 0.5) is 4.39 Å². The van der Waals surface area contributed by atoms with Crippen molar-refractivity contribution in [3.8, 4) is 5.75 Å². The van der Waals surface area contributed by atoms with E-state index in [0.29, 0.717) is 22.5 Å². The van der Waals surface area contributed by atoms with Crippen LogP contribution in [0.25, 0.3) is 0 Å². The number of hydrogen-bond acceptors (Lipinski definition) is 3. The first-order chi connectivity index (χ1) is 9.15. The highest BCUT2D eigenvalue weighted by Crippen LogP contribution is 2.25. The fourth-order valence-corrected chi connectivity index (χ4v) is 1.85. The first-order valence-electron chi connectivity index (χ1n) is 5.52. The number of halogens is 2. The molecule has 0 bridgehead atoms. The molecule has 0 fully saturated rings. The van der Waals surface area contributed by atoms with Gasteiger partial charge in [-0.15, -0.1) is 0 Å². The Morgan fingerprint density at radius 3 is 2.95 bits per heavy atom. The van der Waals surface area contributed by atoms with Gasteiger partial charge in [-0.05, 0) is 46.3 Å². The van der Waals surface area contributed by atoms with Gasteiger partial charge in [0.05, 0.1) is 17.3 Å². The zero-order valence-corrected chi connectivity index (χ0v) is 11.4. The van der Waals surface area contributed by atoms with E-state index in [0.717, 1.165) is 0 Å². The second-order valence-corrected chi connectivity index (χ2v) is 4.57. The lowest BCUT2D eigenvalue weighted by Crippen LogP contribution is -2.28. The minimum Gasteiger partial charge on any atom is -0.483 e. The molecule has 2 aromatic rings. The molecule has 1 amide bonds. The molecule has 1 aromatic heterocycles. The van der Waals surface area contributed by atoms with Crippen molar-refractivity contribution in [2.45, 2.75) is 6.54 Å². The number of benzene rings is 1. The minimum absolute atomic E-state index is 0.148. The Balaban J connectivity index is 1.80. The summed E-state index contributed by atoms with van der Waals surface area (Å²) < 4.78 is 23.7.